The fourth-order valence-corrected chi connectivity index (χ4v) is 3.17. The monoisotopic (exact) mass is 172 g/mol. The van der Waals surface area contributed by atoms with Gasteiger partial charge in [0.25, 0.3) is 0 Å². The first-order valence-electron chi connectivity index (χ1n) is 5.00. The highest BCUT2D eigenvalue weighted by atomic mass is 35.5. The van der Waals surface area contributed by atoms with Crippen LogP contribution < -0.4 is 0 Å². The molecule has 1 unspecified atom stereocenters. The van der Waals surface area contributed by atoms with Crippen LogP contribution in [0.2, 0.25) is 0 Å². The molecule has 2 fully saturated rings. The van der Waals surface area contributed by atoms with Crippen LogP contribution in [0, 0.1) is 11.8 Å². The van der Waals surface area contributed by atoms with E-state index in [1.54, 1.807) is 0 Å². The maximum Gasteiger partial charge on any atom is 0.0338 e. The van der Waals surface area contributed by atoms with Gasteiger partial charge in [0, 0.05) is 5.38 Å². The van der Waals surface area contributed by atoms with Crippen molar-refractivity contribution < 1.29 is 0 Å². The number of hydrogen-bond acceptors (Lipinski definition) is 0. The second kappa shape index (κ2) is 3.35. The fourth-order valence-electron chi connectivity index (χ4n) is 2.82. The third-order valence-corrected chi connectivity index (χ3v) is 3.87. The Labute approximate surface area is 74.3 Å². The average molecular weight is 173 g/mol. The minimum Gasteiger partial charge on any atom is -0.123 e. The first kappa shape index (κ1) is 7.91. The van der Waals surface area contributed by atoms with Gasteiger partial charge < -0.3 is 0 Å². The SMILES string of the molecule is ClC1CC[C@@H]2CCCC[C@H]2C1. The van der Waals surface area contributed by atoms with Crippen LogP contribution in [0.15, 0.2) is 0 Å². The molecule has 0 amide bonds. The molecule has 0 spiro atoms. The van der Waals surface area contributed by atoms with Gasteiger partial charge in [0.05, 0.1) is 0 Å². The summed E-state index contributed by atoms with van der Waals surface area (Å²) in [5.41, 5.74) is 0. The molecule has 2 aliphatic carbocycles. The molecular weight excluding hydrogens is 156 g/mol. The molecule has 64 valence electrons. The normalized spacial score (nSPS) is 45.0. The summed E-state index contributed by atoms with van der Waals surface area (Å²) in [6.07, 6.45) is 9.91. The van der Waals surface area contributed by atoms with Crippen molar-refractivity contribution in [1.29, 1.82) is 0 Å². The number of halogens is 1. The molecule has 3 atom stereocenters. The molecule has 0 aromatic heterocycles. The Hall–Kier alpha value is 0.290. The van der Waals surface area contributed by atoms with E-state index in [4.69, 9.17) is 11.6 Å². The van der Waals surface area contributed by atoms with E-state index in [-0.39, 0.29) is 0 Å². The number of hydrogen-bond donors (Lipinski definition) is 0. The van der Waals surface area contributed by atoms with Crippen molar-refractivity contribution in [3.05, 3.63) is 0 Å². The third kappa shape index (κ3) is 1.72. The van der Waals surface area contributed by atoms with Crippen molar-refractivity contribution in [1.82, 2.24) is 0 Å². The molecule has 0 radical (unpaired) electrons. The number of alkyl halides is 1. The van der Waals surface area contributed by atoms with Gasteiger partial charge in [-0.1, -0.05) is 25.7 Å². The highest BCUT2D eigenvalue weighted by Crippen LogP contribution is 2.41. The molecule has 0 nitrogen and oxygen atoms in total. The van der Waals surface area contributed by atoms with Crippen molar-refractivity contribution in [2.24, 2.45) is 11.8 Å². The van der Waals surface area contributed by atoms with Crippen molar-refractivity contribution in [3.63, 3.8) is 0 Å². The lowest BCUT2D eigenvalue weighted by atomic mass is 9.71. The van der Waals surface area contributed by atoms with Gasteiger partial charge in [0.1, 0.15) is 0 Å². The predicted octanol–water partition coefficient (Wildman–Crippen LogP) is 3.58. The van der Waals surface area contributed by atoms with Gasteiger partial charge >= 0.3 is 0 Å². The minimum atomic E-state index is 0.509. The van der Waals surface area contributed by atoms with Crippen LogP contribution in [-0.2, 0) is 0 Å². The highest BCUT2D eigenvalue weighted by molar-refractivity contribution is 6.20. The lowest BCUT2D eigenvalue weighted by Crippen LogP contribution is -2.27. The standard InChI is InChI=1S/C10H17Cl/c11-10-6-5-8-3-1-2-4-9(8)7-10/h8-10H,1-7H2/t8-,9-,10?/m0/s1. The van der Waals surface area contributed by atoms with Crippen molar-refractivity contribution in [2.75, 3.05) is 0 Å². The van der Waals surface area contributed by atoms with Crippen LogP contribution >= 0.6 is 11.6 Å². The molecule has 0 aromatic rings. The third-order valence-electron chi connectivity index (χ3n) is 3.48. The first-order valence-corrected chi connectivity index (χ1v) is 5.44. The first-order chi connectivity index (χ1) is 5.36. The summed E-state index contributed by atoms with van der Waals surface area (Å²) in [6.45, 7) is 0. The molecule has 0 aromatic carbocycles. The molecular formula is C10H17Cl. The minimum absolute atomic E-state index is 0.509. The maximum atomic E-state index is 6.14. The van der Waals surface area contributed by atoms with Gasteiger partial charge in [-0.05, 0) is 31.1 Å². The average Bonchev–Trinajstić information content (AvgIpc) is 2.04. The molecule has 0 heterocycles. The van der Waals surface area contributed by atoms with Gasteiger partial charge in [-0.25, -0.2) is 0 Å². The second-order valence-electron chi connectivity index (χ2n) is 4.21. The van der Waals surface area contributed by atoms with Gasteiger partial charge in [-0.2, -0.15) is 0 Å². The fraction of sp³-hybridized carbons (Fsp3) is 1.00. The lowest BCUT2D eigenvalue weighted by Gasteiger charge is -2.37. The molecule has 0 bridgehead atoms. The Balaban J connectivity index is 1.93. The van der Waals surface area contributed by atoms with E-state index in [1.165, 1.54) is 44.9 Å². The Morgan fingerprint density at radius 1 is 0.818 bits per heavy atom. The van der Waals surface area contributed by atoms with E-state index < -0.39 is 0 Å². The van der Waals surface area contributed by atoms with Crippen LogP contribution in [0.4, 0.5) is 0 Å². The summed E-state index contributed by atoms with van der Waals surface area (Å²) in [4.78, 5) is 0. The maximum absolute atomic E-state index is 6.14. The molecule has 0 saturated heterocycles. The molecule has 0 aliphatic heterocycles. The second-order valence-corrected chi connectivity index (χ2v) is 4.83. The van der Waals surface area contributed by atoms with E-state index in [1.807, 2.05) is 0 Å². The molecule has 1 heteroatoms. The van der Waals surface area contributed by atoms with Crippen molar-refractivity contribution in [3.8, 4) is 0 Å². The summed E-state index contributed by atoms with van der Waals surface area (Å²) in [5.74, 6) is 2.05. The van der Waals surface area contributed by atoms with Crippen LogP contribution in [0.3, 0.4) is 0 Å². The van der Waals surface area contributed by atoms with Crippen LogP contribution in [0.1, 0.15) is 44.9 Å². The summed E-state index contributed by atoms with van der Waals surface area (Å²) >= 11 is 6.14. The van der Waals surface area contributed by atoms with E-state index in [0.717, 1.165) is 11.8 Å². The Kier molecular flexibility index (Phi) is 2.41. The number of rotatable bonds is 0. The predicted molar refractivity (Wildman–Crippen MR) is 48.9 cm³/mol. The van der Waals surface area contributed by atoms with E-state index in [2.05, 4.69) is 0 Å². The largest absolute Gasteiger partial charge is 0.123 e. The van der Waals surface area contributed by atoms with Gasteiger partial charge in [-0.15, -0.1) is 11.6 Å². The summed E-state index contributed by atoms with van der Waals surface area (Å²) in [7, 11) is 0. The smallest absolute Gasteiger partial charge is 0.0338 e. The van der Waals surface area contributed by atoms with Crippen LogP contribution in [-0.4, -0.2) is 5.38 Å². The molecule has 2 rings (SSSR count). The molecule has 0 N–H and O–H groups in total. The lowest BCUT2D eigenvalue weighted by molar-refractivity contribution is 0.174. The summed E-state index contributed by atoms with van der Waals surface area (Å²) < 4.78 is 0. The quantitative estimate of drug-likeness (QED) is 0.490. The zero-order valence-electron chi connectivity index (χ0n) is 7.06. The number of fused-ring (bicyclic) bond motifs is 1. The molecule has 2 aliphatic rings. The zero-order chi connectivity index (χ0) is 7.68. The van der Waals surface area contributed by atoms with Crippen LogP contribution in [0.25, 0.3) is 0 Å². The highest BCUT2D eigenvalue weighted by Gasteiger charge is 2.30. The van der Waals surface area contributed by atoms with Crippen LogP contribution in [0.5, 0.6) is 0 Å². The summed E-state index contributed by atoms with van der Waals surface area (Å²) in [5, 5.41) is 0.509. The summed E-state index contributed by atoms with van der Waals surface area (Å²) in [6, 6.07) is 0. The topological polar surface area (TPSA) is 0 Å². The molecule has 11 heavy (non-hydrogen) atoms. The van der Waals surface area contributed by atoms with Crippen molar-refractivity contribution in [2.45, 2.75) is 50.3 Å². The van der Waals surface area contributed by atoms with Crippen molar-refractivity contribution >= 4 is 11.6 Å². The van der Waals surface area contributed by atoms with Gasteiger partial charge in [0.2, 0.25) is 0 Å². The van der Waals surface area contributed by atoms with E-state index in [0.29, 0.717) is 5.38 Å². The van der Waals surface area contributed by atoms with E-state index in [9.17, 15) is 0 Å². The zero-order valence-corrected chi connectivity index (χ0v) is 7.82. The Bertz CT molecular complexity index is 133. The van der Waals surface area contributed by atoms with Gasteiger partial charge in [0.15, 0.2) is 0 Å². The van der Waals surface area contributed by atoms with E-state index >= 15 is 0 Å². The van der Waals surface area contributed by atoms with Gasteiger partial charge in [-0.3, -0.25) is 0 Å². The Morgan fingerprint density at radius 3 is 2.36 bits per heavy atom. The molecule has 2 saturated carbocycles. The Morgan fingerprint density at radius 2 is 1.55 bits per heavy atom.